The number of halogens is 2. The summed E-state index contributed by atoms with van der Waals surface area (Å²) in [6.07, 6.45) is 8.52. The summed E-state index contributed by atoms with van der Waals surface area (Å²) in [6.45, 7) is 6.40. The third-order valence-corrected chi connectivity index (χ3v) is 12.5. The van der Waals surface area contributed by atoms with E-state index in [2.05, 4.69) is 20.8 Å². The molecular weight excluding hydrogens is 555 g/mol. The Kier molecular flexibility index (Phi) is 7.17. The van der Waals surface area contributed by atoms with Gasteiger partial charge in [0, 0.05) is 21.6 Å². The fraction of sp³-hybridized carbons (Fsp3) is 0.613. The molecule has 1 N–H and O–H groups in total. The van der Waals surface area contributed by atoms with Gasteiger partial charge in [-0.2, -0.15) is 0 Å². The summed E-state index contributed by atoms with van der Waals surface area (Å²) in [6, 6.07) is 5.44. The van der Waals surface area contributed by atoms with Crippen LogP contribution in [0.1, 0.15) is 59.3 Å². The first-order chi connectivity index (χ1) is 18.5. The molecule has 39 heavy (non-hydrogen) atoms. The van der Waals surface area contributed by atoms with Gasteiger partial charge in [0.25, 0.3) is 0 Å². The maximum atomic E-state index is 14.4. The lowest BCUT2D eigenvalue weighted by Gasteiger charge is -2.59. The van der Waals surface area contributed by atoms with Gasteiger partial charge < -0.3 is 14.6 Å². The lowest BCUT2D eigenvalue weighted by molar-refractivity contribution is -0.197. The van der Waals surface area contributed by atoms with E-state index in [1.165, 1.54) is 11.8 Å². The van der Waals surface area contributed by atoms with Crippen LogP contribution >= 0.6 is 35.0 Å². The van der Waals surface area contributed by atoms with Crippen molar-refractivity contribution < 1.29 is 24.2 Å². The number of allylic oxidation sites excluding steroid dienone is 4. The molecule has 210 valence electrons. The van der Waals surface area contributed by atoms with Crippen LogP contribution in [-0.2, 0) is 19.1 Å². The smallest absolute Gasteiger partial charge is 0.178 e. The quantitative estimate of drug-likeness (QED) is 0.366. The van der Waals surface area contributed by atoms with Gasteiger partial charge in [-0.15, -0.1) is 11.8 Å². The molecule has 1 aromatic carbocycles. The minimum Gasteiger partial charge on any atom is -0.393 e. The van der Waals surface area contributed by atoms with Crippen LogP contribution in [0.3, 0.4) is 0 Å². The highest BCUT2D eigenvalue weighted by molar-refractivity contribution is 8.00. The molecule has 1 saturated heterocycles. The number of aliphatic hydroxyl groups excluding tert-OH is 1. The Morgan fingerprint density at radius 1 is 1.26 bits per heavy atom. The van der Waals surface area contributed by atoms with E-state index in [9.17, 15) is 14.7 Å². The predicted octanol–water partition coefficient (Wildman–Crippen LogP) is 6.82. The Balaban J connectivity index is 1.35. The normalized spacial score (nSPS) is 42.4. The van der Waals surface area contributed by atoms with E-state index >= 15 is 0 Å². The highest BCUT2D eigenvalue weighted by Gasteiger charge is 2.75. The molecule has 4 aliphatic carbocycles. The van der Waals surface area contributed by atoms with E-state index in [0.717, 1.165) is 42.6 Å². The van der Waals surface area contributed by atoms with Crippen LogP contribution in [0.5, 0.6) is 0 Å². The predicted molar refractivity (Wildman–Crippen MR) is 153 cm³/mol. The molecule has 3 saturated carbocycles. The van der Waals surface area contributed by atoms with Gasteiger partial charge in [0.05, 0.1) is 28.0 Å². The first kappa shape index (κ1) is 28.0. The Hall–Kier alpha value is -1.15. The Labute approximate surface area is 244 Å². The van der Waals surface area contributed by atoms with Gasteiger partial charge in [0.1, 0.15) is 0 Å². The molecule has 5 nitrogen and oxygen atoms in total. The van der Waals surface area contributed by atoms with E-state index in [0.29, 0.717) is 16.5 Å². The van der Waals surface area contributed by atoms with Crippen LogP contribution in [0.4, 0.5) is 0 Å². The first-order valence-electron chi connectivity index (χ1n) is 14.1. The molecule has 9 atom stereocenters. The molecule has 0 aromatic heterocycles. The maximum absolute atomic E-state index is 14.4. The number of ketones is 2. The number of benzene rings is 1. The highest BCUT2D eigenvalue weighted by atomic mass is 35.5. The summed E-state index contributed by atoms with van der Waals surface area (Å²) in [5.74, 6) is 0.538. The summed E-state index contributed by atoms with van der Waals surface area (Å²) < 4.78 is 13.3. The topological polar surface area (TPSA) is 72.8 Å². The number of rotatable bonds is 6. The number of hydrogen-bond acceptors (Lipinski definition) is 6. The average Bonchev–Trinajstić information content (AvgIpc) is 3.37. The number of Topliss-reactive ketones (excluding diaryl/α,β-unsaturated/α-hetero) is 1. The fourth-order valence-electron chi connectivity index (χ4n) is 8.85. The van der Waals surface area contributed by atoms with E-state index in [4.69, 9.17) is 32.7 Å². The Bertz CT molecular complexity index is 1260. The van der Waals surface area contributed by atoms with Crippen LogP contribution in [0.15, 0.2) is 46.9 Å². The molecular formula is C31H36Cl2O5S. The van der Waals surface area contributed by atoms with Crippen molar-refractivity contribution in [2.24, 2.45) is 28.6 Å². The largest absolute Gasteiger partial charge is 0.393 e. The van der Waals surface area contributed by atoms with Gasteiger partial charge in [-0.05, 0) is 68.2 Å². The average molecular weight is 592 g/mol. The molecule has 6 unspecified atom stereocenters. The zero-order valence-corrected chi connectivity index (χ0v) is 25.0. The van der Waals surface area contributed by atoms with Gasteiger partial charge in [-0.25, -0.2) is 0 Å². The third-order valence-electron chi connectivity index (χ3n) is 10.5. The molecule has 1 aromatic rings. The Morgan fingerprint density at radius 3 is 2.82 bits per heavy atom. The van der Waals surface area contributed by atoms with Crippen molar-refractivity contribution in [3.8, 4) is 0 Å². The standard InChI is InChI=1S/C31H36Cl2O5S/c1-4-6-26-37-25-14-20-19-10-9-17-13-18(34)11-12-29(17,2)27(19)22(35)15-30(20,3)31(25,38-26)24(36)16-39-23-8-5-7-21(32)28(23)33/h5,7-8,11-13,19-20,22,25-27,35H,4,6,9-10,14-16H2,1-3H3/t19?,20?,22?,25-,26-,27?,29?,30?,31-/m1/s1. The second kappa shape index (κ2) is 9.99. The van der Waals surface area contributed by atoms with Crippen molar-refractivity contribution >= 4 is 46.5 Å². The van der Waals surface area contributed by atoms with Crippen molar-refractivity contribution in [1.82, 2.24) is 0 Å². The number of carbonyl (C=O) groups is 2. The number of carbonyl (C=O) groups excluding carboxylic acids is 2. The number of hydrogen-bond donors (Lipinski definition) is 1. The first-order valence-corrected chi connectivity index (χ1v) is 15.8. The second-order valence-electron chi connectivity index (χ2n) is 12.4. The number of aliphatic hydroxyl groups is 1. The van der Waals surface area contributed by atoms with Crippen LogP contribution in [0, 0.1) is 28.6 Å². The SMILES string of the molecule is CCC[C@@H]1O[C@@H]2CC3C4CCC5=CC(=O)C=CC5(C)C4C(O)CC3(C)[C@]2(C(=O)CSc2cccc(Cl)c2Cl)O1. The lowest BCUT2D eigenvalue weighted by atomic mass is 9.46. The van der Waals surface area contributed by atoms with Crippen LogP contribution < -0.4 is 0 Å². The number of thioether (sulfide) groups is 1. The minimum atomic E-state index is -1.13. The van der Waals surface area contributed by atoms with E-state index < -0.39 is 23.4 Å². The van der Waals surface area contributed by atoms with E-state index in [1.807, 2.05) is 18.2 Å². The zero-order chi connectivity index (χ0) is 27.7. The molecule has 0 bridgehead atoms. The Morgan fingerprint density at radius 2 is 2.05 bits per heavy atom. The van der Waals surface area contributed by atoms with Crippen molar-refractivity contribution in [1.29, 1.82) is 0 Å². The molecule has 8 heteroatoms. The second-order valence-corrected chi connectivity index (χ2v) is 14.2. The molecule has 1 aliphatic heterocycles. The molecule has 4 fully saturated rings. The van der Waals surface area contributed by atoms with E-state index in [-0.39, 0.29) is 46.6 Å². The maximum Gasteiger partial charge on any atom is 0.178 e. The van der Waals surface area contributed by atoms with E-state index in [1.54, 1.807) is 18.2 Å². The summed E-state index contributed by atoms with van der Waals surface area (Å²) >= 11 is 14.0. The van der Waals surface area contributed by atoms with Crippen LogP contribution in [-0.4, -0.2) is 46.5 Å². The molecule has 6 rings (SSSR count). The summed E-state index contributed by atoms with van der Waals surface area (Å²) in [4.78, 5) is 27.3. The number of ether oxygens (including phenoxy) is 2. The minimum absolute atomic E-state index is 0.00596. The van der Waals surface area contributed by atoms with Crippen molar-refractivity contribution in [2.75, 3.05) is 5.75 Å². The summed E-state index contributed by atoms with van der Waals surface area (Å²) in [5, 5.41) is 12.8. The molecule has 1 heterocycles. The monoisotopic (exact) mass is 590 g/mol. The van der Waals surface area contributed by atoms with Crippen molar-refractivity contribution in [3.05, 3.63) is 52.0 Å². The summed E-state index contributed by atoms with van der Waals surface area (Å²) in [7, 11) is 0. The van der Waals surface area contributed by atoms with Gasteiger partial charge in [0.2, 0.25) is 0 Å². The highest BCUT2D eigenvalue weighted by Crippen LogP contribution is 2.69. The van der Waals surface area contributed by atoms with Gasteiger partial charge in [-0.3, -0.25) is 9.59 Å². The van der Waals surface area contributed by atoms with Crippen molar-refractivity contribution in [3.63, 3.8) is 0 Å². The van der Waals surface area contributed by atoms with Crippen molar-refractivity contribution in [2.45, 2.75) is 88.3 Å². The van der Waals surface area contributed by atoms with Gasteiger partial charge >= 0.3 is 0 Å². The summed E-state index contributed by atoms with van der Waals surface area (Å²) in [5.41, 5.74) is -0.953. The molecule has 0 spiro atoms. The fourth-order valence-corrected chi connectivity index (χ4v) is 10.3. The number of fused-ring (bicyclic) bond motifs is 7. The molecule has 0 radical (unpaired) electrons. The molecule has 0 amide bonds. The van der Waals surface area contributed by atoms with Gasteiger partial charge in [0.15, 0.2) is 23.5 Å². The zero-order valence-electron chi connectivity index (χ0n) is 22.6. The molecule has 5 aliphatic rings. The van der Waals surface area contributed by atoms with Crippen LogP contribution in [0.2, 0.25) is 10.0 Å². The lowest BCUT2D eigenvalue weighted by Crippen LogP contribution is -2.63. The third kappa shape index (κ3) is 4.07. The van der Waals surface area contributed by atoms with Crippen LogP contribution in [0.25, 0.3) is 0 Å². The van der Waals surface area contributed by atoms with Gasteiger partial charge in [-0.1, -0.05) is 68.1 Å².